The number of unbranched alkanes of at least 4 members (excludes halogenated alkanes) is 1. The topological polar surface area (TPSA) is 3.24 Å². The van der Waals surface area contributed by atoms with E-state index in [9.17, 15) is 0 Å². The second-order valence-corrected chi connectivity index (χ2v) is 3.39. The molecule has 0 bridgehead atoms. The van der Waals surface area contributed by atoms with Crippen LogP contribution in [0.3, 0.4) is 0 Å². The first-order valence-corrected chi connectivity index (χ1v) is 5.51. The summed E-state index contributed by atoms with van der Waals surface area (Å²) in [6.07, 6.45) is 9.19. The van der Waals surface area contributed by atoms with Crippen LogP contribution < -0.4 is 0 Å². The molecule has 0 unspecified atom stereocenters. The summed E-state index contributed by atoms with van der Waals surface area (Å²) in [5.74, 6) is 0. The average Bonchev–Trinajstić information content (AvgIpc) is 2.14. The Morgan fingerprint density at radius 2 is 1.92 bits per heavy atom. The lowest BCUT2D eigenvalue weighted by atomic mass is 10.3. The Kier molecular flexibility index (Phi) is 9.56. The molecule has 0 saturated heterocycles. The molecule has 0 aromatic carbocycles. The molecule has 0 fully saturated rings. The van der Waals surface area contributed by atoms with E-state index in [4.69, 9.17) is 0 Å². The van der Waals surface area contributed by atoms with Gasteiger partial charge < -0.3 is 0 Å². The van der Waals surface area contributed by atoms with Crippen LogP contribution in [0, 0.1) is 6.92 Å². The van der Waals surface area contributed by atoms with Crippen LogP contribution in [0.4, 0.5) is 0 Å². The molecular formula is C12H24N. The highest BCUT2D eigenvalue weighted by molar-refractivity contribution is 4.83. The maximum atomic E-state index is 3.87. The van der Waals surface area contributed by atoms with Gasteiger partial charge >= 0.3 is 0 Å². The van der Waals surface area contributed by atoms with Gasteiger partial charge in [-0.25, -0.2) is 0 Å². The zero-order valence-corrected chi connectivity index (χ0v) is 9.26. The summed E-state index contributed by atoms with van der Waals surface area (Å²) in [5, 5.41) is 0. The summed E-state index contributed by atoms with van der Waals surface area (Å²) in [4.78, 5) is 2.50. The third-order valence-corrected chi connectivity index (χ3v) is 2.03. The van der Waals surface area contributed by atoms with E-state index < -0.39 is 0 Å². The average molecular weight is 182 g/mol. The minimum atomic E-state index is 1.05. The van der Waals surface area contributed by atoms with Gasteiger partial charge in [-0.1, -0.05) is 39.3 Å². The Labute approximate surface area is 83.8 Å². The molecule has 77 valence electrons. The summed E-state index contributed by atoms with van der Waals surface area (Å²) < 4.78 is 0. The first kappa shape index (κ1) is 12.7. The van der Waals surface area contributed by atoms with Gasteiger partial charge in [0.1, 0.15) is 0 Å². The third-order valence-electron chi connectivity index (χ3n) is 2.03. The Morgan fingerprint density at radius 3 is 2.46 bits per heavy atom. The van der Waals surface area contributed by atoms with Crippen LogP contribution in [0.15, 0.2) is 12.2 Å². The lowest BCUT2D eigenvalue weighted by molar-refractivity contribution is 0.299. The Morgan fingerprint density at radius 1 is 1.15 bits per heavy atom. The highest BCUT2D eigenvalue weighted by Gasteiger charge is 1.99. The summed E-state index contributed by atoms with van der Waals surface area (Å²) in [5.41, 5.74) is 0. The van der Waals surface area contributed by atoms with E-state index in [1.165, 1.54) is 25.9 Å². The summed E-state index contributed by atoms with van der Waals surface area (Å²) in [6.45, 7) is 11.8. The van der Waals surface area contributed by atoms with E-state index in [2.05, 4.69) is 37.8 Å². The van der Waals surface area contributed by atoms with Gasteiger partial charge in [-0.05, 0) is 32.4 Å². The van der Waals surface area contributed by atoms with Crippen molar-refractivity contribution < 1.29 is 0 Å². The minimum Gasteiger partial charge on any atom is -0.300 e. The summed E-state index contributed by atoms with van der Waals surface area (Å²) in [7, 11) is 0. The lowest BCUT2D eigenvalue weighted by Crippen LogP contribution is -2.25. The highest BCUT2D eigenvalue weighted by Crippen LogP contribution is 1.97. The van der Waals surface area contributed by atoms with Crippen LogP contribution in [0.1, 0.15) is 39.5 Å². The molecule has 0 atom stereocenters. The second kappa shape index (κ2) is 9.79. The normalized spacial score (nSPS) is 11.7. The van der Waals surface area contributed by atoms with Crippen LogP contribution in [-0.4, -0.2) is 24.5 Å². The van der Waals surface area contributed by atoms with Crippen molar-refractivity contribution in [2.45, 2.75) is 39.5 Å². The number of rotatable bonds is 8. The smallest absolute Gasteiger partial charge is 0.0163 e. The number of nitrogens with zero attached hydrogens (tertiary/aromatic N) is 1. The van der Waals surface area contributed by atoms with Crippen LogP contribution >= 0.6 is 0 Å². The Balaban J connectivity index is 3.59. The zero-order chi connectivity index (χ0) is 9.94. The third kappa shape index (κ3) is 8.04. The van der Waals surface area contributed by atoms with Crippen molar-refractivity contribution in [3.63, 3.8) is 0 Å². The predicted octanol–water partition coefficient (Wildman–Crippen LogP) is 3.28. The molecule has 0 aliphatic heterocycles. The van der Waals surface area contributed by atoms with Crippen LogP contribution in [0.5, 0.6) is 0 Å². The molecule has 13 heavy (non-hydrogen) atoms. The minimum absolute atomic E-state index is 1.05. The quantitative estimate of drug-likeness (QED) is 0.521. The molecule has 0 amide bonds. The largest absolute Gasteiger partial charge is 0.300 e. The maximum absolute atomic E-state index is 3.87. The molecule has 0 aliphatic rings. The molecule has 1 nitrogen and oxygen atoms in total. The number of hydrogen-bond acceptors (Lipinski definition) is 1. The van der Waals surface area contributed by atoms with Gasteiger partial charge in [-0.3, -0.25) is 4.90 Å². The molecule has 0 aromatic rings. The van der Waals surface area contributed by atoms with Crippen molar-refractivity contribution in [3.8, 4) is 0 Å². The van der Waals surface area contributed by atoms with Crippen LogP contribution in [0.2, 0.25) is 0 Å². The van der Waals surface area contributed by atoms with E-state index >= 15 is 0 Å². The molecule has 0 aliphatic carbocycles. The van der Waals surface area contributed by atoms with Gasteiger partial charge in [0.2, 0.25) is 0 Å². The molecule has 0 rings (SSSR count). The molecule has 1 heteroatoms. The second-order valence-electron chi connectivity index (χ2n) is 3.39. The fourth-order valence-electron chi connectivity index (χ4n) is 1.34. The SMILES string of the molecule is [CH2]CCCN(CC=CCC)CCC. The van der Waals surface area contributed by atoms with E-state index in [1.54, 1.807) is 0 Å². The Hall–Kier alpha value is -0.300. The first-order chi connectivity index (χ1) is 6.35. The van der Waals surface area contributed by atoms with Crippen LogP contribution in [0.25, 0.3) is 0 Å². The molecule has 0 spiro atoms. The van der Waals surface area contributed by atoms with Crippen molar-refractivity contribution in [3.05, 3.63) is 19.1 Å². The molecule has 0 saturated carbocycles. The van der Waals surface area contributed by atoms with E-state index in [1.807, 2.05) is 0 Å². The highest BCUT2D eigenvalue weighted by atomic mass is 15.1. The molecular weight excluding hydrogens is 158 g/mol. The van der Waals surface area contributed by atoms with Gasteiger partial charge in [0.25, 0.3) is 0 Å². The lowest BCUT2D eigenvalue weighted by Gasteiger charge is -2.19. The molecule has 0 heterocycles. The number of allylic oxidation sites excluding steroid dienone is 1. The van der Waals surface area contributed by atoms with E-state index in [0.29, 0.717) is 0 Å². The van der Waals surface area contributed by atoms with E-state index in [0.717, 1.165) is 19.4 Å². The summed E-state index contributed by atoms with van der Waals surface area (Å²) in [6, 6.07) is 0. The summed E-state index contributed by atoms with van der Waals surface area (Å²) >= 11 is 0. The van der Waals surface area contributed by atoms with Crippen molar-refractivity contribution in [1.82, 2.24) is 4.90 Å². The van der Waals surface area contributed by atoms with Crippen molar-refractivity contribution >= 4 is 0 Å². The molecule has 1 radical (unpaired) electrons. The van der Waals surface area contributed by atoms with Crippen molar-refractivity contribution in [1.29, 1.82) is 0 Å². The van der Waals surface area contributed by atoms with Gasteiger partial charge in [0, 0.05) is 6.54 Å². The van der Waals surface area contributed by atoms with Gasteiger partial charge in [0.15, 0.2) is 0 Å². The van der Waals surface area contributed by atoms with Crippen LogP contribution in [-0.2, 0) is 0 Å². The molecule has 0 N–H and O–H groups in total. The fraction of sp³-hybridized carbons (Fsp3) is 0.750. The van der Waals surface area contributed by atoms with Crippen molar-refractivity contribution in [2.24, 2.45) is 0 Å². The monoisotopic (exact) mass is 182 g/mol. The Bertz CT molecular complexity index is 118. The van der Waals surface area contributed by atoms with Gasteiger partial charge in [-0.2, -0.15) is 0 Å². The standard InChI is InChI=1S/C12H24N/c1-4-7-9-12-13(10-6-3)11-8-5-2/h7,9H,2,4-6,8,10-12H2,1,3H3. The first-order valence-electron chi connectivity index (χ1n) is 5.51. The fourth-order valence-corrected chi connectivity index (χ4v) is 1.34. The molecule has 0 aromatic heterocycles. The zero-order valence-electron chi connectivity index (χ0n) is 9.26. The van der Waals surface area contributed by atoms with Crippen molar-refractivity contribution in [2.75, 3.05) is 19.6 Å². The maximum Gasteiger partial charge on any atom is 0.0163 e. The van der Waals surface area contributed by atoms with Gasteiger partial charge in [-0.15, -0.1) is 0 Å². The van der Waals surface area contributed by atoms with E-state index in [-0.39, 0.29) is 0 Å². The number of hydrogen-bond donors (Lipinski definition) is 0. The predicted molar refractivity (Wildman–Crippen MR) is 60.8 cm³/mol. The van der Waals surface area contributed by atoms with Gasteiger partial charge in [0.05, 0.1) is 0 Å².